The lowest BCUT2D eigenvalue weighted by Gasteiger charge is -2.32. The molecule has 1 amide bonds. The number of nitrogens with zero attached hydrogens (tertiary/aromatic N) is 4. The summed E-state index contributed by atoms with van der Waals surface area (Å²) < 4.78 is 0. The van der Waals surface area contributed by atoms with Crippen molar-refractivity contribution >= 4 is 29.1 Å². The SMILES string of the molecule is Cc1cc(Cl)ccc1Nc1ncc(C(=O)N2CCN(C)CC2)cn1. The quantitative estimate of drug-likeness (QED) is 0.926. The van der Waals surface area contributed by atoms with Gasteiger partial charge in [-0.25, -0.2) is 9.97 Å². The van der Waals surface area contributed by atoms with Gasteiger partial charge < -0.3 is 15.1 Å². The van der Waals surface area contributed by atoms with Crippen molar-refractivity contribution in [3.8, 4) is 0 Å². The van der Waals surface area contributed by atoms with E-state index in [9.17, 15) is 4.79 Å². The summed E-state index contributed by atoms with van der Waals surface area (Å²) in [5.74, 6) is 0.438. The molecule has 0 bridgehead atoms. The third-order valence-corrected chi connectivity index (χ3v) is 4.36. The highest BCUT2D eigenvalue weighted by Gasteiger charge is 2.20. The highest BCUT2D eigenvalue weighted by atomic mass is 35.5. The van der Waals surface area contributed by atoms with Crippen molar-refractivity contribution in [1.82, 2.24) is 19.8 Å². The zero-order valence-corrected chi connectivity index (χ0v) is 14.5. The lowest BCUT2D eigenvalue weighted by Crippen LogP contribution is -2.47. The number of piperazine rings is 1. The minimum absolute atomic E-state index is 0.0164. The average molecular weight is 346 g/mol. The molecular weight excluding hydrogens is 326 g/mol. The highest BCUT2D eigenvalue weighted by molar-refractivity contribution is 6.30. The molecule has 2 heterocycles. The van der Waals surface area contributed by atoms with E-state index in [0.717, 1.165) is 37.4 Å². The molecule has 1 aliphatic heterocycles. The number of amides is 1. The fourth-order valence-electron chi connectivity index (χ4n) is 2.58. The van der Waals surface area contributed by atoms with E-state index in [1.54, 1.807) is 12.4 Å². The first kappa shape index (κ1) is 16.7. The van der Waals surface area contributed by atoms with Crippen molar-refractivity contribution in [1.29, 1.82) is 0 Å². The summed E-state index contributed by atoms with van der Waals surface area (Å²) in [6, 6.07) is 5.56. The Labute approximate surface area is 146 Å². The van der Waals surface area contributed by atoms with Gasteiger partial charge in [0.05, 0.1) is 5.56 Å². The molecule has 1 aromatic heterocycles. The number of nitrogens with one attached hydrogen (secondary N) is 1. The van der Waals surface area contributed by atoms with E-state index in [2.05, 4.69) is 27.2 Å². The molecule has 0 saturated carbocycles. The first-order valence-corrected chi connectivity index (χ1v) is 8.24. The average Bonchev–Trinajstić information content (AvgIpc) is 2.58. The smallest absolute Gasteiger partial charge is 0.257 e. The van der Waals surface area contributed by atoms with Gasteiger partial charge >= 0.3 is 0 Å². The van der Waals surface area contributed by atoms with Crippen LogP contribution in [-0.4, -0.2) is 58.9 Å². The third-order valence-electron chi connectivity index (χ3n) is 4.12. The predicted octanol–water partition coefficient (Wildman–Crippen LogP) is 2.57. The van der Waals surface area contributed by atoms with Crippen LogP contribution in [0.2, 0.25) is 5.02 Å². The molecule has 0 atom stereocenters. The first-order valence-electron chi connectivity index (χ1n) is 7.86. The van der Waals surface area contributed by atoms with Gasteiger partial charge in [-0.05, 0) is 37.7 Å². The van der Waals surface area contributed by atoms with Gasteiger partial charge in [0, 0.05) is 49.3 Å². The molecule has 2 aromatic rings. The largest absolute Gasteiger partial charge is 0.336 e. The number of aromatic nitrogens is 2. The van der Waals surface area contributed by atoms with Gasteiger partial charge in [0.25, 0.3) is 5.91 Å². The fraction of sp³-hybridized carbons (Fsp3) is 0.353. The molecule has 24 heavy (non-hydrogen) atoms. The van der Waals surface area contributed by atoms with Gasteiger partial charge in [-0.2, -0.15) is 0 Å². The molecule has 3 rings (SSSR count). The van der Waals surface area contributed by atoms with E-state index in [1.807, 2.05) is 30.0 Å². The standard InChI is InChI=1S/C17H20ClN5O/c1-12-9-14(18)3-4-15(12)21-17-19-10-13(11-20-17)16(24)23-7-5-22(2)6-8-23/h3-4,9-11H,5-8H2,1-2H3,(H,19,20,21). The summed E-state index contributed by atoms with van der Waals surface area (Å²) in [4.78, 5) is 25.0. The zero-order chi connectivity index (χ0) is 17.1. The van der Waals surface area contributed by atoms with Crippen LogP contribution in [0, 0.1) is 6.92 Å². The van der Waals surface area contributed by atoms with Crippen molar-refractivity contribution in [2.75, 3.05) is 38.5 Å². The Balaban J connectivity index is 1.68. The van der Waals surface area contributed by atoms with E-state index in [4.69, 9.17) is 11.6 Å². The number of benzene rings is 1. The number of halogens is 1. The lowest BCUT2D eigenvalue weighted by atomic mass is 10.2. The number of aryl methyl sites for hydroxylation is 1. The zero-order valence-electron chi connectivity index (χ0n) is 13.8. The van der Waals surface area contributed by atoms with Crippen LogP contribution >= 0.6 is 11.6 Å². The van der Waals surface area contributed by atoms with Crippen molar-refractivity contribution in [3.63, 3.8) is 0 Å². The minimum atomic E-state index is -0.0164. The summed E-state index contributed by atoms with van der Waals surface area (Å²) in [5.41, 5.74) is 2.40. The topological polar surface area (TPSA) is 61.4 Å². The molecule has 7 heteroatoms. The second-order valence-corrected chi connectivity index (χ2v) is 6.41. The maximum atomic E-state index is 12.5. The number of carbonyl (C=O) groups excluding carboxylic acids is 1. The van der Waals surface area contributed by atoms with Crippen LogP contribution in [0.15, 0.2) is 30.6 Å². The third kappa shape index (κ3) is 3.83. The molecule has 6 nitrogen and oxygen atoms in total. The number of carbonyl (C=O) groups is 1. The molecule has 126 valence electrons. The molecule has 1 fully saturated rings. The number of likely N-dealkylation sites (N-methyl/N-ethyl adjacent to an activating group) is 1. The van der Waals surface area contributed by atoms with Gasteiger partial charge in [0.15, 0.2) is 0 Å². The maximum Gasteiger partial charge on any atom is 0.257 e. The van der Waals surface area contributed by atoms with E-state index in [1.165, 1.54) is 0 Å². The van der Waals surface area contributed by atoms with Crippen LogP contribution in [0.3, 0.4) is 0 Å². The number of anilines is 2. The summed E-state index contributed by atoms with van der Waals surface area (Å²) in [6.07, 6.45) is 3.14. The molecule has 0 radical (unpaired) electrons. The van der Waals surface area contributed by atoms with Crippen LogP contribution in [-0.2, 0) is 0 Å². The second kappa shape index (κ2) is 7.15. The Kier molecular flexibility index (Phi) is 4.97. The van der Waals surface area contributed by atoms with Crippen molar-refractivity contribution in [2.24, 2.45) is 0 Å². The van der Waals surface area contributed by atoms with E-state index >= 15 is 0 Å². The minimum Gasteiger partial charge on any atom is -0.336 e. The molecule has 0 spiro atoms. The number of hydrogen-bond acceptors (Lipinski definition) is 5. The maximum absolute atomic E-state index is 12.5. The van der Waals surface area contributed by atoms with E-state index in [0.29, 0.717) is 16.5 Å². The normalized spacial score (nSPS) is 15.4. The first-order chi connectivity index (χ1) is 11.5. The Bertz CT molecular complexity index is 726. The lowest BCUT2D eigenvalue weighted by molar-refractivity contribution is 0.0663. The number of hydrogen-bond donors (Lipinski definition) is 1. The summed E-state index contributed by atoms with van der Waals surface area (Å²) in [6.45, 7) is 5.21. The van der Waals surface area contributed by atoms with Gasteiger partial charge in [-0.3, -0.25) is 4.79 Å². The molecule has 1 aliphatic rings. The Hall–Kier alpha value is -2.18. The monoisotopic (exact) mass is 345 g/mol. The fourth-order valence-corrected chi connectivity index (χ4v) is 2.81. The van der Waals surface area contributed by atoms with Crippen molar-refractivity contribution in [2.45, 2.75) is 6.92 Å². The highest BCUT2D eigenvalue weighted by Crippen LogP contribution is 2.21. The molecule has 1 N–H and O–H groups in total. The van der Waals surface area contributed by atoms with Crippen molar-refractivity contribution in [3.05, 3.63) is 46.7 Å². The van der Waals surface area contributed by atoms with Crippen molar-refractivity contribution < 1.29 is 4.79 Å². The number of rotatable bonds is 3. The van der Waals surface area contributed by atoms with Gasteiger partial charge in [0.2, 0.25) is 5.95 Å². The molecule has 1 saturated heterocycles. The van der Waals surface area contributed by atoms with Crippen LogP contribution in [0.5, 0.6) is 0 Å². The summed E-state index contributed by atoms with van der Waals surface area (Å²) in [7, 11) is 2.06. The summed E-state index contributed by atoms with van der Waals surface area (Å²) >= 11 is 5.95. The molecule has 0 aliphatic carbocycles. The van der Waals surface area contributed by atoms with Crippen LogP contribution < -0.4 is 5.32 Å². The Morgan fingerprint density at radius 3 is 2.46 bits per heavy atom. The second-order valence-electron chi connectivity index (χ2n) is 5.98. The predicted molar refractivity (Wildman–Crippen MR) is 94.9 cm³/mol. The van der Waals surface area contributed by atoms with Crippen LogP contribution in [0.4, 0.5) is 11.6 Å². The van der Waals surface area contributed by atoms with Crippen LogP contribution in [0.1, 0.15) is 15.9 Å². The molecular formula is C17H20ClN5O. The van der Waals surface area contributed by atoms with Crippen LogP contribution in [0.25, 0.3) is 0 Å². The van der Waals surface area contributed by atoms with Gasteiger partial charge in [-0.1, -0.05) is 11.6 Å². The van der Waals surface area contributed by atoms with Gasteiger partial charge in [-0.15, -0.1) is 0 Å². The van der Waals surface area contributed by atoms with E-state index < -0.39 is 0 Å². The van der Waals surface area contributed by atoms with E-state index in [-0.39, 0.29) is 5.91 Å². The Morgan fingerprint density at radius 2 is 1.83 bits per heavy atom. The molecule has 1 aromatic carbocycles. The molecule has 0 unspecified atom stereocenters. The van der Waals surface area contributed by atoms with Gasteiger partial charge in [0.1, 0.15) is 0 Å². The Morgan fingerprint density at radius 1 is 1.17 bits per heavy atom. The summed E-state index contributed by atoms with van der Waals surface area (Å²) in [5, 5.41) is 3.83.